The average Bonchev–Trinajstić information content (AvgIpc) is 2.95. The van der Waals surface area contributed by atoms with Crippen molar-refractivity contribution in [3.63, 3.8) is 0 Å². The van der Waals surface area contributed by atoms with Crippen molar-refractivity contribution in [2.45, 2.75) is 19.3 Å². The lowest BCUT2D eigenvalue weighted by atomic mass is 10.1. The molecular weight excluding hydrogens is 266 g/mol. The summed E-state index contributed by atoms with van der Waals surface area (Å²) >= 11 is 0. The molecule has 0 saturated heterocycles. The summed E-state index contributed by atoms with van der Waals surface area (Å²) in [7, 11) is 0. The van der Waals surface area contributed by atoms with E-state index in [-0.39, 0.29) is 11.5 Å². The Balaban J connectivity index is 1.80. The highest BCUT2D eigenvalue weighted by Gasteiger charge is 2.13. The fourth-order valence-corrected chi connectivity index (χ4v) is 2.65. The minimum absolute atomic E-state index is 0.108. The predicted octanol–water partition coefficient (Wildman–Crippen LogP) is 3.13. The molecule has 2 aromatic carbocycles. The highest BCUT2D eigenvalue weighted by atomic mass is 16.4. The number of hydrogen-bond donors (Lipinski definition) is 2. The number of hydrogen-bond acceptors (Lipinski definition) is 2. The molecule has 21 heavy (non-hydrogen) atoms. The van der Waals surface area contributed by atoms with Crippen molar-refractivity contribution in [1.29, 1.82) is 0 Å². The molecule has 2 N–H and O–H groups in total. The van der Waals surface area contributed by atoms with Gasteiger partial charge in [-0.3, -0.25) is 4.79 Å². The van der Waals surface area contributed by atoms with Crippen molar-refractivity contribution in [3.05, 3.63) is 64.7 Å². The van der Waals surface area contributed by atoms with Crippen molar-refractivity contribution < 1.29 is 14.7 Å². The standard InChI is InChI=1S/C17H15NO3/c19-16(13-5-2-6-14(9-13)17(20)21)18-15-8-7-11-3-1-4-12(11)10-15/h2,5-10H,1,3-4H2,(H,18,19)(H,20,21). The van der Waals surface area contributed by atoms with Crippen molar-refractivity contribution in [1.82, 2.24) is 0 Å². The van der Waals surface area contributed by atoms with Crippen LogP contribution >= 0.6 is 0 Å². The van der Waals surface area contributed by atoms with Crippen LogP contribution < -0.4 is 5.32 Å². The third kappa shape index (κ3) is 2.79. The molecule has 0 atom stereocenters. The van der Waals surface area contributed by atoms with Crippen molar-refractivity contribution >= 4 is 17.6 Å². The van der Waals surface area contributed by atoms with Gasteiger partial charge in [0.1, 0.15) is 0 Å². The summed E-state index contributed by atoms with van der Waals surface area (Å²) in [5.41, 5.74) is 3.83. The molecule has 0 spiro atoms. The molecule has 1 amide bonds. The molecule has 1 aliphatic carbocycles. The van der Waals surface area contributed by atoms with Gasteiger partial charge in [0.25, 0.3) is 5.91 Å². The minimum Gasteiger partial charge on any atom is -0.478 e. The topological polar surface area (TPSA) is 66.4 Å². The molecule has 2 aromatic rings. The van der Waals surface area contributed by atoms with Crippen LogP contribution in [0.25, 0.3) is 0 Å². The van der Waals surface area contributed by atoms with Crippen LogP contribution in [0.1, 0.15) is 38.3 Å². The smallest absolute Gasteiger partial charge is 0.335 e. The van der Waals surface area contributed by atoms with Crippen LogP contribution in [0.15, 0.2) is 42.5 Å². The largest absolute Gasteiger partial charge is 0.478 e. The number of carboxylic acids is 1. The minimum atomic E-state index is -1.04. The van der Waals surface area contributed by atoms with E-state index in [4.69, 9.17) is 5.11 Å². The first kappa shape index (κ1) is 13.4. The van der Waals surface area contributed by atoms with Crippen LogP contribution in [0.4, 0.5) is 5.69 Å². The Labute approximate surface area is 122 Å². The number of benzene rings is 2. The van der Waals surface area contributed by atoms with Crippen LogP contribution in [0.3, 0.4) is 0 Å². The van der Waals surface area contributed by atoms with E-state index < -0.39 is 5.97 Å². The van der Waals surface area contributed by atoms with Crippen LogP contribution in [0.2, 0.25) is 0 Å². The fraction of sp³-hybridized carbons (Fsp3) is 0.176. The maximum Gasteiger partial charge on any atom is 0.335 e. The molecule has 0 aromatic heterocycles. The van der Waals surface area contributed by atoms with Crippen LogP contribution in [0.5, 0.6) is 0 Å². The number of nitrogens with one attached hydrogen (secondary N) is 1. The number of aromatic carboxylic acids is 1. The van der Waals surface area contributed by atoms with E-state index in [2.05, 4.69) is 5.32 Å². The number of carboxylic acid groups (broad SMARTS) is 1. The fourth-order valence-electron chi connectivity index (χ4n) is 2.65. The number of fused-ring (bicyclic) bond motifs is 1. The summed E-state index contributed by atoms with van der Waals surface area (Å²) < 4.78 is 0. The lowest BCUT2D eigenvalue weighted by Crippen LogP contribution is -2.13. The van der Waals surface area contributed by atoms with Gasteiger partial charge >= 0.3 is 5.97 Å². The summed E-state index contributed by atoms with van der Waals surface area (Å²) in [5, 5.41) is 11.8. The van der Waals surface area contributed by atoms with Gasteiger partial charge < -0.3 is 10.4 Å². The number of rotatable bonds is 3. The Morgan fingerprint density at radius 3 is 2.52 bits per heavy atom. The van der Waals surface area contributed by atoms with Gasteiger partial charge in [0.15, 0.2) is 0 Å². The zero-order valence-electron chi connectivity index (χ0n) is 11.4. The number of amides is 1. The molecular formula is C17H15NO3. The van der Waals surface area contributed by atoms with E-state index in [9.17, 15) is 9.59 Å². The van der Waals surface area contributed by atoms with E-state index in [1.807, 2.05) is 18.2 Å². The van der Waals surface area contributed by atoms with Gasteiger partial charge in [-0.05, 0) is 60.7 Å². The first-order chi connectivity index (χ1) is 10.1. The molecule has 4 nitrogen and oxygen atoms in total. The molecule has 0 saturated carbocycles. The Morgan fingerprint density at radius 1 is 0.952 bits per heavy atom. The first-order valence-electron chi connectivity index (χ1n) is 6.90. The maximum absolute atomic E-state index is 12.2. The van der Waals surface area contributed by atoms with E-state index in [1.165, 1.54) is 23.3 Å². The van der Waals surface area contributed by atoms with Crippen LogP contribution in [-0.4, -0.2) is 17.0 Å². The molecule has 1 aliphatic rings. The number of carbonyl (C=O) groups is 2. The van der Waals surface area contributed by atoms with Crippen LogP contribution in [0, 0.1) is 0 Å². The molecule has 0 bridgehead atoms. The number of carbonyl (C=O) groups excluding carboxylic acids is 1. The van der Waals surface area contributed by atoms with Crippen molar-refractivity contribution in [2.24, 2.45) is 0 Å². The molecule has 0 unspecified atom stereocenters. The highest BCUT2D eigenvalue weighted by molar-refractivity contribution is 6.05. The summed E-state index contributed by atoms with van der Waals surface area (Å²) in [5.74, 6) is -1.33. The van der Waals surface area contributed by atoms with Gasteiger partial charge in [0, 0.05) is 11.3 Å². The summed E-state index contributed by atoms with van der Waals surface area (Å²) in [4.78, 5) is 23.1. The molecule has 0 aliphatic heterocycles. The van der Waals surface area contributed by atoms with Gasteiger partial charge in [0.2, 0.25) is 0 Å². The Kier molecular flexibility index (Phi) is 3.44. The number of anilines is 1. The Morgan fingerprint density at radius 2 is 1.71 bits per heavy atom. The summed E-state index contributed by atoms with van der Waals surface area (Å²) in [6, 6.07) is 12.0. The predicted molar refractivity (Wildman–Crippen MR) is 79.8 cm³/mol. The maximum atomic E-state index is 12.2. The van der Waals surface area contributed by atoms with Crippen molar-refractivity contribution in [3.8, 4) is 0 Å². The lowest BCUT2D eigenvalue weighted by Gasteiger charge is -2.08. The van der Waals surface area contributed by atoms with E-state index in [0.29, 0.717) is 5.56 Å². The SMILES string of the molecule is O=C(O)c1cccc(C(=O)Nc2ccc3c(c2)CCC3)c1. The third-order valence-electron chi connectivity index (χ3n) is 3.73. The second-order valence-corrected chi connectivity index (χ2v) is 5.18. The molecule has 3 rings (SSSR count). The Hall–Kier alpha value is -2.62. The third-order valence-corrected chi connectivity index (χ3v) is 3.73. The second kappa shape index (κ2) is 5.40. The zero-order valence-corrected chi connectivity index (χ0v) is 11.4. The van der Waals surface area contributed by atoms with E-state index in [0.717, 1.165) is 24.9 Å². The lowest BCUT2D eigenvalue weighted by molar-refractivity contribution is 0.0697. The zero-order chi connectivity index (χ0) is 14.8. The second-order valence-electron chi connectivity index (χ2n) is 5.18. The number of aryl methyl sites for hydroxylation is 2. The monoisotopic (exact) mass is 281 g/mol. The molecule has 106 valence electrons. The molecule has 0 fully saturated rings. The summed E-state index contributed by atoms with van der Waals surface area (Å²) in [6.07, 6.45) is 3.31. The highest BCUT2D eigenvalue weighted by Crippen LogP contribution is 2.25. The van der Waals surface area contributed by atoms with Crippen molar-refractivity contribution in [2.75, 3.05) is 5.32 Å². The quantitative estimate of drug-likeness (QED) is 0.908. The van der Waals surface area contributed by atoms with Gasteiger partial charge in [0.05, 0.1) is 5.56 Å². The van der Waals surface area contributed by atoms with E-state index in [1.54, 1.807) is 12.1 Å². The van der Waals surface area contributed by atoms with Gasteiger partial charge in [-0.25, -0.2) is 4.79 Å². The van der Waals surface area contributed by atoms with Gasteiger partial charge in [-0.2, -0.15) is 0 Å². The molecule has 0 radical (unpaired) electrons. The Bertz CT molecular complexity index is 722. The molecule has 4 heteroatoms. The van der Waals surface area contributed by atoms with Gasteiger partial charge in [-0.15, -0.1) is 0 Å². The van der Waals surface area contributed by atoms with Gasteiger partial charge in [-0.1, -0.05) is 12.1 Å². The van der Waals surface area contributed by atoms with Crippen LogP contribution in [-0.2, 0) is 12.8 Å². The van der Waals surface area contributed by atoms with E-state index >= 15 is 0 Å². The summed E-state index contributed by atoms with van der Waals surface area (Å²) in [6.45, 7) is 0. The first-order valence-corrected chi connectivity index (χ1v) is 6.90. The normalized spacial score (nSPS) is 12.8. The average molecular weight is 281 g/mol. The molecule has 0 heterocycles.